The van der Waals surface area contributed by atoms with Crippen LogP contribution in [-0.4, -0.2) is 48.3 Å². The van der Waals surface area contributed by atoms with Crippen LogP contribution >= 0.6 is 0 Å². The first-order chi connectivity index (χ1) is 12.5. The number of nitrogens with zero attached hydrogens (tertiary/aromatic N) is 2. The number of hydrogen-bond acceptors (Lipinski definition) is 5. The van der Waals surface area contributed by atoms with E-state index >= 15 is 0 Å². The first kappa shape index (κ1) is 18.0. The SMILES string of the molecule is CC1(C)[C@H](Cc2cc(CN3CCOCC3)on2)C[C@@H]1NC(=O)C1CCC1. The zero-order valence-corrected chi connectivity index (χ0v) is 16.0. The summed E-state index contributed by atoms with van der Waals surface area (Å²) in [4.78, 5) is 14.6. The molecule has 1 aliphatic heterocycles. The summed E-state index contributed by atoms with van der Waals surface area (Å²) in [6.45, 7) is 8.84. The Balaban J connectivity index is 1.27. The number of aromatic nitrogens is 1. The summed E-state index contributed by atoms with van der Waals surface area (Å²) < 4.78 is 10.9. The van der Waals surface area contributed by atoms with Crippen molar-refractivity contribution < 1.29 is 14.1 Å². The predicted octanol–water partition coefficient (Wildman–Crippen LogP) is 2.38. The highest BCUT2D eigenvalue weighted by Crippen LogP contribution is 2.48. The maximum Gasteiger partial charge on any atom is 0.223 e. The van der Waals surface area contributed by atoms with Gasteiger partial charge in [0.15, 0.2) is 5.76 Å². The first-order valence-electron chi connectivity index (χ1n) is 10.1. The number of carbonyl (C=O) groups is 1. The van der Waals surface area contributed by atoms with Gasteiger partial charge in [-0.2, -0.15) is 0 Å². The molecule has 3 fully saturated rings. The summed E-state index contributed by atoms with van der Waals surface area (Å²) in [5.41, 5.74) is 1.15. The average molecular weight is 361 g/mol. The van der Waals surface area contributed by atoms with Gasteiger partial charge in [-0.1, -0.05) is 25.4 Å². The quantitative estimate of drug-likeness (QED) is 0.843. The molecule has 1 amide bonds. The zero-order chi connectivity index (χ0) is 18.1. The van der Waals surface area contributed by atoms with E-state index in [2.05, 4.69) is 35.3 Å². The standard InChI is InChI=1S/C20H31N3O3/c1-20(2)15(11-18(20)21-19(24)14-4-3-5-14)10-16-12-17(26-22-16)13-23-6-8-25-9-7-23/h12,14-15,18H,3-11,13H2,1-2H3,(H,21,24)/t15-,18+/m1/s1. The number of carbonyl (C=O) groups excluding carboxylic acids is 1. The molecule has 0 bridgehead atoms. The topological polar surface area (TPSA) is 67.6 Å². The molecule has 2 heterocycles. The molecular weight excluding hydrogens is 330 g/mol. The maximum absolute atomic E-state index is 12.2. The zero-order valence-electron chi connectivity index (χ0n) is 16.0. The molecular formula is C20H31N3O3. The Morgan fingerprint density at radius 2 is 2.12 bits per heavy atom. The van der Waals surface area contributed by atoms with Crippen LogP contribution in [0.1, 0.15) is 51.0 Å². The third kappa shape index (κ3) is 3.67. The number of nitrogens with one attached hydrogen (secondary N) is 1. The predicted molar refractivity (Wildman–Crippen MR) is 97.5 cm³/mol. The fourth-order valence-corrected chi connectivity index (χ4v) is 4.33. The molecule has 6 nitrogen and oxygen atoms in total. The van der Waals surface area contributed by atoms with Crippen LogP contribution in [-0.2, 0) is 22.5 Å². The van der Waals surface area contributed by atoms with E-state index in [1.165, 1.54) is 6.42 Å². The van der Waals surface area contributed by atoms with Gasteiger partial charge in [0.1, 0.15) is 0 Å². The van der Waals surface area contributed by atoms with Crippen molar-refractivity contribution in [2.75, 3.05) is 26.3 Å². The summed E-state index contributed by atoms with van der Waals surface area (Å²) in [6, 6.07) is 2.39. The smallest absolute Gasteiger partial charge is 0.223 e. The molecule has 0 spiro atoms. The largest absolute Gasteiger partial charge is 0.379 e. The molecule has 1 saturated heterocycles. The molecule has 4 rings (SSSR count). The van der Waals surface area contributed by atoms with Crippen molar-refractivity contribution in [1.82, 2.24) is 15.4 Å². The van der Waals surface area contributed by atoms with Gasteiger partial charge >= 0.3 is 0 Å². The number of rotatable bonds is 6. The molecule has 144 valence electrons. The molecule has 6 heteroatoms. The molecule has 0 radical (unpaired) electrons. The van der Waals surface area contributed by atoms with Crippen LogP contribution in [0.2, 0.25) is 0 Å². The van der Waals surface area contributed by atoms with Gasteiger partial charge in [0.25, 0.3) is 0 Å². The molecule has 0 unspecified atom stereocenters. The Bertz CT molecular complexity index is 632. The number of morpholine rings is 1. The van der Waals surface area contributed by atoms with Gasteiger partial charge in [-0.3, -0.25) is 9.69 Å². The molecule has 2 aliphatic carbocycles. The fraction of sp³-hybridized carbons (Fsp3) is 0.800. The number of hydrogen-bond donors (Lipinski definition) is 1. The Labute approximate surface area is 155 Å². The highest BCUT2D eigenvalue weighted by molar-refractivity contribution is 5.79. The second-order valence-corrected chi connectivity index (χ2v) is 8.82. The number of ether oxygens (including phenoxy) is 1. The molecule has 1 aromatic rings. The lowest BCUT2D eigenvalue weighted by Crippen LogP contribution is -2.59. The summed E-state index contributed by atoms with van der Waals surface area (Å²) in [7, 11) is 0. The molecule has 0 aromatic carbocycles. The lowest BCUT2D eigenvalue weighted by Gasteiger charge is -2.52. The van der Waals surface area contributed by atoms with Crippen molar-refractivity contribution in [1.29, 1.82) is 0 Å². The summed E-state index contributed by atoms with van der Waals surface area (Å²) in [5, 5.41) is 7.57. The first-order valence-corrected chi connectivity index (χ1v) is 10.1. The minimum Gasteiger partial charge on any atom is -0.379 e. The lowest BCUT2D eigenvalue weighted by atomic mass is 9.57. The molecule has 1 N–H and O–H groups in total. The van der Waals surface area contributed by atoms with Gasteiger partial charge in [0.05, 0.1) is 25.5 Å². The third-order valence-corrected chi connectivity index (χ3v) is 6.81. The van der Waals surface area contributed by atoms with Crippen molar-refractivity contribution in [3.8, 4) is 0 Å². The lowest BCUT2D eigenvalue weighted by molar-refractivity contribution is -0.132. The van der Waals surface area contributed by atoms with E-state index in [0.717, 1.165) is 70.0 Å². The van der Waals surface area contributed by atoms with E-state index in [1.807, 2.05) is 0 Å². The highest BCUT2D eigenvalue weighted by Gasteiger charge is 2.49. The minimum atomic E-state index is 0.114. The minimum absolute atomic E-state index is 0.114. The van der Waals surface area contributed by atoms with E-state index < -0.39 is 0 Å². The Hall–Kier alpha value is -1.40. The van der Waals surface area contributed by atoms with Crippen LogP contribution < -0.4 is 5.32 Å². The van der Waals surface area contributed by atoms with Crippen molar-refractivity contribution >= 4 is 5.91 Å². The second-order valence-electron chi connectivity index (χ2n) is 8.82. The monoisotopic (exact) mass is 361 g/mol. The van der Waals surface area contributed by atoms with Crippen LogP contribution in [0.3, 0.4) is 0 Å². The fourth-order valence-electron chi connectivity index (χ4n) is 4.33. The van der Waals surface area contributed by atoms with Gasteiger partial charge in [-0.15, -0.1) is 0 Å². The summed E-state index contributed by atoms with van der Waals surface area (Å²) in [5.74, 6) is 2.01. The summed E-state index contributed by atoms with van der Waals surface area (Å²) in [6.07, 6.45) is 5.29. The summed E-state index contributed by atoms with van der Waals surface area (Å²) >= 11 is 0. The molecule has 2 atom stereocenters. The van der Waals surface area contributed by atoms with Gasteiger partial charge in [-0.05, 0) is 37.0 Å². The van der Waals surface area contributed by atoms with Crippen molar-refractivity contribution in [2.24, 2.45) is 17.3 Å². The van der Waals surface area contributed by atoms with Gasteiger partial charge < -0.3 is 14.6 Å². The maximum atomic E-state index is 12.2. The molecule has 1 aromatic heterocycles. The number of amides is 1. The van der Waals surface area contributed by atoms with Crippen LogP contribution in [0.25, 0.3) is 0 Å². The van der Waals surface area contributed by atoms with E-state index in [4.69, 9.17) is 9.26 Å². The Kier molecular flexibility index (Phi) is 5.06. The molecule has 2 saturated carbocycles. The van der Waals surface area contributed by atoms with E-state index in [9.17, 15) is 4.79 Å². The van der Waals surface area contributed by atoms with Gasteiger partial charge in [0.2, 0.25) is 5.91 Å². The Morgan fingerprint density at radius 3 is 2.77 bits per heavy atom. The highest BCUT2D eigenvalue weighted by atomic mass is 16.5. The molecule has 26 heavy (non-hydrogen) atoms. The average Bonchev–Trinajstić information content (AvgIpc) is 3.00. The van der Waals surface area contributed by atoms with Crippen LogP contribution in [0.15, 0.2) is 10.6 Å². The van der Waals surface area contributed by atoms with Gasteiger partial charge in [-0.25, -0.2) is 0 Å². The van der Waals surface area contributed by atoms with E-state index in [0.29, 0.717) is 12.0 Å². The van der Waals surface area contributed by atoms with Crippen LogP contribution in [0.4, 0.5) is 0 Å². The normalized spacial score (nSPS) is 29.0. The van der Waals surface area contributed by atoms with Crippen LogP contribution in [0, 0.1) is 17.3 Å². The van der Waals surface area contributed by atoms with E-state index in [1.54, 1.807) is 0 Å². The van der Waals surface area contributed by atoms with Crippen molar-refractivity contribution in [3.05, 3.63) is 17.5 Å². The third-order valence-electron chi connectivity index (χ3n) is 6.81. The van der Waals surface area contributed by atoms with Gasteiger partial charge in [0, 0.05) is 31.1 Å². The van der Waals surface area contributed by atoms with Crippen molar-refractivity contribution in [2.45, 2.75) is 58.5 Å². The van der Waals surface area contributed by atoms with Crippen LogP contribution in [0.5, 0.6) is 0 Å². The molecule has 3 aliphatic rings. The Morgan fingerprint density at radius 1 is 1.35 bits per heavy atom. The van der Waals surface area contributed by atoms with Crippen molar-refractivity contribution in [3.63, 3.8) is 0 Å². The second kappa shape index (κ2) is 7.31. The van der Waals surface area contributed by atoms with E-state index in [-0.39, 0.29) is 17.2 Å².